The minimum Gasteiger partial charge on any atom is -0.496 e. The molecule has 29 heavy (non-hydrogen) atoms. The van der Waals surface area contributed by atoms with Crippen LogP contribution in [0, 0.1) is 5.92 Å². The van der Waals surface area contributed by atoms with Crippen LogP contribution in [-0.4, -0.2) is 50.0 Å². The lowest BCUT2D eigenvalue weighted by Crippen LogP contribution is -2.47. The largest absolute Gasteiger partial charge is 0.496 e. The highest BCUT2D eigenvalue weighted by molar-refractivity contribution is 9.10. The quantitative estimate of drug-likeness (QED) is 0.750. The average molecular weight is 461 g/mol. The number of fused-ring (bicyclic) bond motifs is 1. The number of nitrogens with zero attached hydrogens (tertiary/aromatic N) is 1. The van der Waals surface area contributed by atoms with E-state index < -0.39 is 0 Å². The maximum Gasteiger partial charge on any atom is 0.252 e. The van der Waals surface area contributed by atoms with Crippen molar-refractivity contribution in [1.82, 2.24) is 10.2 Å². The van der Waals surface area contributed by atoms with Gasteiger partial charge in [0.05, 0.1) is 30.7 Å². The molecule has 6 nitrogen and oxygen atoms in total. The Morgan fingerprint density at radius 2 is 2.03 bits per heavy atom. The number of amides is 1. The van der Waals surface area contributed by atoms with Gasteiger partial charge in [-0.05, 0) is 47.0 Å². The first kappa shape index (κ1) is 20.2. The standard InChI is InChI=1S/C22H25BrN2O4/c1-13-19(22(27)25-8-10-29-11-9-25)20(14-6-7-18(28-2)15(23)12-14)21-16(24-13)4-3-5-17(21)26/h4,6-7,12,20-21,24H,3,5,8-11H2,1-2H3. The molecule has 1 N–H and O–H groups in total. The highest BCUT2D eigenvalue weighted by atomic mass is 79.9. The van der Waals surface area contributed by atoms with E-state index in [2.05, 4.69) is 27.3 Å². The fraction of sp³-hybridized carbons (Fsp3) is 0.455. The Kier molecular flexibility index (Phi) is 5.79. The average Bonchev–Trinajstić information content (AvgIpc) is 2.73. The smallest absolute Gasteiger partial charge is 0.252 e. The summed E-state index contributed by atoms with van der Waals surface area (Å²) in [7, 11) is 1.62. The van der Waals surface area contributed by atoms with E-state index in [0.29, 0.717) is 38.3 Å². The number of carbonyl (C=O) groups excluding carboxylic acids is 2. The molecule has 0 spiro atoms. The second-order valence-electron chi connectivity index (χ2n) is 7.58. The second-order valence-corrected chi connectivity index (χ2v) is 8.44. The monoisotopic (exact) mass is 460 g/mol. The van der Waals surface area contributed by atoms with Gasteiger partial charge in [-0.2, -0.15) is 0 Å². The number of carbonyl (C=O) groups is 2. The van der Waals surface area contributed by atoms with E-state index in [9.17, 15) is 9.59 Å². The van der Waals surface area contributed by atoms with Crippen molar-refractivity contribution in [2.75, 3.05) is 33.4 Å². The van der Waals surface area contributed by atoms with E-state index in [4.69, 9.17) is 9.47 Å². The van der Waals surface area contributed by atoms with Crippen LogP contribution in [0.15, 0.2) is 45.7 Å². The van der Waals surface area contributed by atoms with Gasteiger partial charge in [0.2, 0.25) is 0 Å². The summed E-state index contributed by atoms with van der Waals surface area (Å²) in [6.45, 7) is 4.14. The molecule has 3 aliphatic rings. The van der Waals surface area contributed by atoms with Crippen molar-refractivity contribution >= 4 is 27.6 Å². The van der Waals surface area contributed by atoms with Gasteiger partial charge in [-0.15, -0.1) is 0 Å². The first-order valence-electron chi connectivity index (χ1n) is 9.92. The number of halogens is 1. The Bertz CT molecular complexity index is 902. The number of methoxy groups -OCH3 is 1. The summed E-state index contributed by atoms with van der Waals surface area (Å²) in [4.78, 5) is 28.4. The first-order valence-corrected chi connectivity index (χ1v) is 10.7. The molecular formula is C22H25BrN2O4. The van der Waals surface area contributed by atoms with Gasteiger partial charge in [0.25, 0.3) is 5.91 Å². The SMILES string of the molecule is COc1ccc(C2C(C(=O)N3CCOCC3)=C(C)NC3=CCCC(=O)C32)cc1Br. The molecule has 4 rings (SSSR count). The molecule has 0 aromatic heterocycles. The molecule has 1 fully saturated rings. The van der Waals surface area contributed by atoms with Crippen LogP contribution in [0.1, 0.15) is 31.2 Å². The topological polar surface area (TPSA) is 67.9 Å². The van der Waals surface area contributed by atoms with Crippen LogP contribution in [0.3, 0.4) is 0 Å². The second kappa shape index (κ2) is 8.32. The lowest BCUT2D eigenvalue weighted by atomic mass is 9.70. The number of ether oxygens (including phenoxy) is 2. The Labute approximate surface area is 179 Å². The van der Waals surface area contributed by atoms with Crippen LogP contribution in [-0.2, 0) is 14.3 Å². The van der Waals surface area contributed by atoms with Gasteiger partial charge >= 0.3 is 0 Å². The predicted molar refractivity (Wildman–Crippen MR) is 112 cm³/mol. The van der Waals surface area contributed by atoms with Crippen molar-refractivity contribution in [3.8, 4) is 5.75 Å². The number of hydrogen-bond donors (Lipinski definition) is 1. The van der Waals surface area contributed by atoms with Gasteiger partial charge in [0.1, 0.15) is 11.5 Å². The summed E-state index contributed by atoms with van der Waals surface area (Å²) in [5.41, 5.74) is 3.33. The molecule has 0 saturated carbocycles. The van der Waals surface area contributed by atoms with Crippen molar-refractivity contribution in [2.45, 2.75) is 25.7 Å². The Morgan fingerprint density at radius 3 is 2.72 bits per heavy atom. The van der Waals surface area contributed by atoms with E-state index in [1.807, 2.05) is 30.0 Å². The molecule has 2 heterocycles. The molecule has 1 aromatic rings. The lowest BCUT2D eigenvalue weighted by Gasteiger charge is -2.40. The molecule has 0 radical (unpaired) electrons. The van der Waals surface area contributed by atoms with Gasteiger partial charge in [-0.1, -0.05) is 12.1 Å². The van der Waals surface area contributed by atoms with Crippen LogP contribution < -0.4 is 10.1 Å². The highest BCUT2D eigenvalue weighted by Crippen LogP contribution is 2.45. The summed E-state index contributed by atoms with van der Waals surface area (Å²) in [6, 6.07) is 5.80. The highest BCUT2D eigenvalue weighted by Gasteiger charge is 2.43. The molecule has 1 saturated heterocycles. The van der Waals surface area contributed by atoms with Gasteiger partial charge in [0, 0.05) is 42.4 Å². The minimum atomic E-state index is -0.368. The Balaban J connectivity index is 1.82. The number of nitrogens with one attached hydrogen (secondary N) is 1. The Morgan fingerprint density at radius 1 is 1.28 bits per heavy atom. The third-order valence-corrected chi connectivity index (χ3v) is 6.50. The van der Waals surface area contributed by atoms with Crippen molar-refractivity contribution in [3.05, 3.63) is 51.3 Å². The van der Waals surface area contributed by atoms with Crippen molar-refractivity contribution in [1.29, 1.82) is 0 Å². The van der Waals surface area contributed by atoms with Crippen LogP contribution in [0.5, 0.6) is 5.75 Å². The van der Waals surface area contributed by atoms with E-state index in [1.165, 1.54) is 0 Å². The third kappa shape index (κ3) is 3.73. The number of rotatable bonds is 3. The number of ketones is 1. The van der Waals surface area contributed by atoms with E-state index in [0.717, 1.165) is 33.6 Å². The van der Waals surface area contributed by atoms with E-state index >= 15 is 0 Å². The lowest BCUT2D eigenvalue weighted by molar-refractivity contribution is -0.132. The van der Waals surface area contributed by atoms with Crippen molar-refractivity contribution < 1.29 is 19.1 Å². The van der Waals surface area contributed by atoms with Crippen molar-refractivity contribution in [2.24, 2.45) is 5.92 Å². The zero-order chi connectivity index (χ0) is 20.5. The Hall–Kier alpha value is -2.12. The summed E-state index contributed by atoms with van der Waals surface area (Å²) in [6.07, 6.45) is 3.33. The van der Waals surface area contributed by atoms with Crippen molar-refractivity contribution in [3.63, 3.8) is 0 Å². The number of benzene rings is 1. The minimum absolute atomic E-state index is 0.0207. The number of hydrogen-bond acceptors (Lipinski definition) is 5. The molecule has 2 aliphatic heterocycles. The third-order valence-electron chi connectivity index (χ3n) is 5.88. The molecule has 7 heteroatoms. The molecule has 2 unspecified atom stereocenters. The molecule has 1 amide bonds. The molecule has 2 atom stereocenters. The van der Waals surface area contributed by atoms with Gasteiger partial charge in [-0.25, -0.2) is 0 Å². The van der Waals surface area contributed by atoms with Gasteiger partial charge < -0.3 is 19.7 Å². The molecule has 154 valence electrons. The number of Topliss-reactive ketones (excluding diaryl/α,β-unsaturated/α-hetero) is 1. The summed E-state index contributed by atoms with van der Waals surface area (Å²) >= 11 is 3.56. The predicted octanol–water partition coefficient (Wildman–Crippen LogP) is 3.14. The molecule has 1 aromatic carbocycles. The van der Waals surface area contributed by atoms with Crippen LogP contribution in [0.25, 0.3) is 0 Å². The molecular weight excluding hydrogens is 436 g/mol. The molecule has 1 aliphatic carbocycles. The first-order chi connectivity index (χ1) is 14.0. The van der Waals surface area contributed by atoms with E-state index in [1.54, 1.807) is 7.11 Å². The molecule has 0 bridgehead atoms. The number of allylic oxidation sites excluding steroid dienone is 3. The maximum atomic E-state index is 13.5. The summed E-state index contributed by atoms with van der Waals surface area (Å²) in [5, 5.41) is 3.36. The fourth-order valence-electron chi connectivity index (χ4n) is 4.47. The van der Waals surface area contributed by atoms with Crippen LogP contribution in [0.4, 0.5) is 0 Å². The van der Waals surface area contributed by atoms with E-state index in [-0.39, 0.29) is 23.5 Å². The zero-order valence-corrected chi connectivity index (χ0v) is 18.3. The van der Waals surface area contributed by atoms with Crippen LogP contribution in [0.2, 0.25) is 0 Å². The zero-order valence-electron chi connectivity index (χ0n) is 16.7. The maximum absolute atomic E-state index is 13.5. The summed E-state index contributed by atoms with van der Waals surface area (Å²) in [5.74, 6) is 0.176. The van der Waals surface area contributed by atoms with Crippen LogP contribution >= 0.6 is 15.9 Å². The van der Waals surface area contributed by atoms with Gasteiger partial charge in [0.15, 0.2) is 0 Å². The fourth-order valence-corrected chi connectivity index (χ4v) is 5.03. The summed E-state index contributed by atoms with van der Waals surface area (Å²) < 4.78 is 11.6. The number of morpholine rings is 1. The van der Waals surface area contributed by atoms with Gasteiger partial charge in [-0.3, -0.25) is 9.59 Å². The normalized spacial score (nSPS) is 24.6.